The zero-order valence-corrected chi connectivity index (χ0v) is 16.3. The summed E-state index contributed by atoms with van der Waals surface area (Å²) in [7, 11) is 0. The number of hydrogen-bond donors (Lipinski definition) is 2. The van der Waals surface area contributed by atoms with Crippen molar-refractivity contribution in [2.24, 2.45) is 0 Å². The van der Waals surface area contributed by atoms with Gasteiger partial charge in [-0.25, -0.2) is 4.98 Å². The van der Waals surface area contributed by atoms with Gasteiger partial charge in [-0.15, -0.1) is 0 Å². The highest BCUT2D eigenvalue weighted by Crippen LogP contribution is 2.27. The van der Waals surface area contributed by atoms with Crippen LogP contribution in [-0.4, -0.2) is 58.7 Å². The molecule has 2 amide bonds. The van der Waals surface area contributed by atoms with Gasteiger partial charge in [0.2, 0.25) is 5.91 Å². The lowest BCUT2D eigenvalue weighted by Crippen LogP contribution is -2.46. The first-order chi connectivity index (χ1) is 12.5. The van der Waals surface area contributed by atoms with E-state index in [4.69, 9.17) is 0 Å². The van der Waals surface area contributed by atoms with Crippen LogP contribution in [0.1, 0.15) is 49.9 Å². The number of likely N-dealkylation sites (tertiary alicyclic amines) is 1. The summed E-state index contributed by atoms with van der Waals surface area (Å²) in [5.41, 5.74) is 0.560. The van der Waals surface area contributed by atoms with Crippen LogP contribution in [0.4, 0.5) is 0 Å². The largest absolute Gasteiger partial charge is 0.349 e. The number of pyridine rings is 1. The van der Waals surface area contributed by atoms with Gasteiger partial charge < -0.3 is 15.5 Å². The number of piperidine rings is 1. The Bertz CT molecular complexity index is 648. The fourth-order valence-corrected chi connectivity index (χ4v) is 4.59. The van der Waals surface area contributed by atoms with Gasteiger partial charge in [0, 0.05) is 31.4 Å². The zero-order chi connectivity index (χ0) is 18.5. The van der Waals surface area contributed by atoms with Gasteiger partial charge in [0.05, 0.1) is 10.8 Å². The van der Waals surface area contributed by atoms with Crippen LogP contribution in [0.15, 0.2) is 23.4 Å². The van der Waals surface area contributed by atoms with Crippen molar-refractivity contribution in [1.29, 1.82) is 0 Å². The Hall–Kier alpha value is -1.60. The van der Waals surface area contributed by atoms with E-state index in [-0.39, 0.29) is 23.1 Å². The molecule has 0 radical (unpaired) electrons. The van der Waals surface area contributed by atoms with Gasteiger partial charge in [0.15, 0.2) is 0 Å². The first kappa shape index (κ1) is 19.2. The van der Waals surface area contributed by atoms with Crippen molar-refractivity contribution < 1.29 is 9.59 Å². The first-order valence-electron chi connectivity index (χ1n) is 9.49. The van der Waals surface area contributed by atoms with Gasteiger partial charge in [-0.05, 0) is 58.2 Å². The number of rotatable bonds is 5. The highest BCUT2D eigenvalue weighted by molar-refractivity contribution is 8.00. The van der Waals surface area contributed by atoms with E-state index in [0.717, 1.165) is 45.3 Å². The quantitative estimate of drug-likeness (QED) is 0.770. The molecule has 0 saturated carbocycles. The van der Waals surface area contributed by atoms with Crippen molar-refractivity contribution in [3.05, 3.63) is 23.9 Å². The number of carbonyl (C=O) groups excluding carboxylic acids is 2. The Morgan fingerprint density at radius 3 is 2.88 bits per heavy atom. The maximum Gasteiger partial charge on any atom is 0.254 e. The molecule has 0 spiro atoms. The van der Waals surface area contributed by atoms with E-state index in [1.165, 1.54) is 11.8 Å². The molecule has 0 bridgehead atoms. The summed E-state index contributed by atoms with van der Waals surface area (Å²) in [4.78, 5) is 31.6. The molecule has 1 aromatic rings. The molecule has 26 heavy (non-hydrogen) atoms. The zero-order valence-electron chi connectivity index (χ0n) is 15.5. The minimum atomic E-state index is -0.242. The number of nitrogens with zero attached hydrogens (tertiary/aromatic N) is 2. The van der Waals surface area contributed by atoms with Crippen LogP contribution < -0.4 is 10.6 Å². The van der Waals surface area contributed by atoms with E-state index in [1.807, 2.05) is 11.8 Å². The van der Waals surface area contributed by atoms with Crippen LogP contribution in [0.3, 0.4) is 0 Å². The highest BCUT2D eigenvalue weighted by Gasteiger charge is 2.27. The minimum absolute atomic E-state index is 0.0967. The summed E-state index contributed by atoms with van der Waals surface area (Å²) < 4.78 is 0. The molecule has 3 unspecified atom stereocenters. The maximum absolute atomic E-state index is 12.8. The molecular weight excluding hydrogens is 348 g/mol. The van der Waals surface area contributed by atoms with Crippen molar-refractivity contribution in [2.75, 3.05) is 19.6 Å². The number of aromatic nitrogens is 1. The Labute approximate surface area is 159 Å². The molecule has 2 aliphatic rings. The van der Waals surface area contributed by atoms with Crippen molar-refractivity contribution >= 4 is 23.6 Å². The summed E-state index contributed by atoms with van der Waals surface area (Å²) in [5, 5.41) is 6.92. The second-order valence-electron chi connectivity index (χ2n) is 7.20. The third kappa shape index (κ3) is 4.76. The Kier molecular flexibility index (Phi) is 6.53. The van der Waals surface area contributed by atoms with Gasteiger partial charge in [0.25, 0.3) is 5.91 Å². The summed E-state index contributed by atoms with van der Waals surface area (Å²) in [6, 6.07) is 4.16. The predicted octanol–water partition coefficient (Wildman–Crippen LogP) is 2.05. The molecule has 2 fully saturated rings. The Morgan fingerprint density at radius 1 is 1.38 bits per heavy atom. The lowest BCUT2D eigenvalue weighted by Gasteiger charge is -2.28. The molecule has 2 aliphatic heterocycles. The topological polar surface area (TPSA) is 74.3 Å². The van der Waals surface area contributed by atoms with Crippen LogP contribution in [-0.2, 0) is 4.79 Å². The molecule has 3 heterocycles. The summed E-state index contributed by atoms with van der Waals surface area (Å²) >= 11 is 1.38. The normalized spacial score (nSPS) is 24.3. The standard InChI is InChI=1S/C19H28N4O2S/c1-13-12-15(7-9-20-13)22-17(24)16-6-5-8-21-18(16)26-14(2)19(25)23-10-3-4-11-23/h5-6,8,13-15,20H,3-4,7,9-12H2,1-2H3,(H,22,24). The van der Waals surface area contributed by atoms with Crippen LogP contribution in [0, 0.1) is 0 Å². The lowest BCUT2D eigenvalue weighted by atomic mass is 10.0. The van der Waals surface area contributed by atoms with Gasteiger partial charge in [-0.3, -0.25) is 9.59 Å². The van der Waals surface area contributed by atoms with Crippen LogP contribution in [0.25, 0.3) is 0 Å². The second kappa shape index (κ2) is 8.86. The molecule has 1 aromatic heterocycles. The number of nitrogens with one attached hydrogen (secondary N) is 2. The summed E-state index contributed by atoms with van der Waals surface area (Å²) in [5.74, 6) is 0.0391. The SMILES string of the molecule is CC1CC(NC(=O)c2cccnc2SC(C)C(=O)N2CCCC2)CCN1. The Balaban J connectivity index is 1.65. The number of hydrogen-bond acceptors (Lipinski definition) is 5. The van der Waals surface area contributed by atoms with Crippen molar-refractivity contribution in [1.82, 2.24) is 20.5 Å². The Morgan fingerprint density at radius 2 is 2.15 bits per heavy atom. The van der Waals surface area contributed by atoms with Crippen LogP contribution in [0.5, 0.6) is 0 Å². The van der Waals surface area contributed by atoms with E-state index in [1.54, 1.807) is 18.3 Å². The predicted molar refractivity (Wildman–Crippen MR) is 103 cm³/mol. The van der Waals surface area contributed by atoms with Crippen LogP contribution in [0.2, 0.25) is 0 Å². The molecule has 7 heteroatoms. The molecule has 2 N–H and O–H groups in total. The fourth-order valence-electron chi connectivity index (χ4n) is 3.60. The van der Waals surface area contributed by atoms with Crippen molar-refractivity contribution in [3.63, 3.8) is 0 Å². The van der Waals surface area contributed by atoms with Crippen molar-refractivity contribution in [3.8, 4) is 0 Å². The summed E-state index contributed by atoms with van der Waals surface area (Å²) in [6.45, 7) is 6.63. The van der Waals surface area contributed by atoms with Crippen molar-refractivity contribution in [2.45, 2.75) is 61.9 Å². The van der Waals surface area contributed by atoms with Gasteiger partial charge in [-0.1, -0.05) is 11.8 Å². The van der Waals surface area contributed by atoms with Gasteiger partial charge in [0.1, 0.15) is 5.03 Å². The average Bonchev–Trinajstić information content (AvgIpc) is 3.16. The van der Waals surface area contributed by atoms with E-state index in [0.29, 0.717) is 16.6 Å². The fraction of sp³-hybridized carbons (Fsp3) is 0.632. The lowest BCUT2D eigenvalue weighted by molar-refractivity contribution is -0.129. The molecule has 0 aromatic carbocycles. The highest BCUT2D eigenvalue weighted by atomic mass is 32.2. The summed E-state index contributed by atoms with van der Waals surface area (Å²) in [6.07, 6.45) is 5.70. The minimum Gasteiger partial charge on any atom is -0.349 e. The van der Waals surface area contributed by atoms with E-state index >= 15 is 0 Å². The van der Waals surface area contributed by atoms with Crippen LogP contribution >= 0.6 is 11.8 Å². The van der Waals surface area contributed by atoms with E-state index < -0.39 is 0 Å². The molecular formula is C19H28N4O2S. The van der Waals surface area contributed by atoms with Gasteiger partial charge >= 0.3 is 0 Å². The number of carbonyl (C=O) groups is 2. The second-order valence-corrected chi connectivity index (χ2v) is 8.53. The third-order valence-electron chi connectivity index (χ3n) is 5.03. The molecule has 3 rings (SSSR count). The molecule has 6 nitrogen and oxygen atoms in total. The molecule has 2 saturated heterocycles. The maximum atomic E-state index is 12.8. The third-order valence-corrected chi connectivity index (χ3v) is 6.13. The van der Waals surface area contributed by atoms with Gasteiger partial charge in [-0.2, -0.15) is 0 Å². The molecule has 142 valence electrons. The number of thioether (sulfide) groups is 1. The monoisotopic (exact) mass is 376 g/mol. The van der Waals surface area contributed by atoms with E-state index in [9.17, 15) is 9.59 Å². The van der Waals surface area contributed by atoms with E-state index in [2.05, 4.69) is 22.5 Å². The smallest absolute Gasteiger partial charge is 0.254 e. The molecule has 3 atom stereocenters. The molecule has 0 aliphatic carbocycles. The number of amides is 2. The average molecular weight is 377 g/mol. The first-order valence-corrected chi connectivity index (χ1v) is 10.4.